The summed E-state index contributed by atoms with van der Waals surface area (Å²) in [7, 11) is 0. The van der Waals surface area contributed by atoms with Crippen LogP contribution in [0.3, 0.4) is 0 Å². The monoisotopic (exact) mass is 293 g/mol. The fourth-order valence-electron chi connectivity index (χ4n) is 1.99. The zero-order chi connectivity index (χ0) is 15.8. The molecule has 0 fully saturated rings. The average Bonchev–Trinajstić information content (AvgIpc) is 2.49. The van der Waals surface area contributed by atoms with Crippen LogP contribution < -0.4 is 16.4 Å². The molecule has 116 valence electrons. The van der Waals surface area contributed by atoms with Crippen molar-refractivity contribution in [2.75, 3.05) is 0 Å². The van der Waals surface area contributed by atoms with Crippen molar-refractivity contribution in [1.29, 1.82) is 0 Å². The van der Waals surface area contributed by atoms with Crippen molar-refractivity contribution in [1.82, 2.24) is 10.6 Å². The average molecular weight is 293 g/mol. The first-order valence-electron chi connectivity index (χ1n) is 7.00. The fraction of sp³-hybridized carbons (Fsp3) is 0.467. The maximum Gasteiger partial charge on any atom is 0.312 e. The van der Waals surface area contributed by atoms with Crippen molar-refractivity contribution in [2.24, 2.45) is 11.7 Å². The molecule has 0 aliphatic rings. The summed E-state index contributed by atoms with van der Waals surface area (Å²) < 4.78 is 0. The molecule has 1 aromatic rings. The molecule has 5 N–H and O–H groups in total. The Hall–Kier alpha value is -2.08. The van der Waals surface area contributed by atoms with Crippen LogP contribution in [0.4, 0.5) is 4.79 Å². The van der Waals surface area contributed by atoms with E-state index in [1.165, 1.54) is 0 Å². The van der Waals surface area contributed by atoms with Gasteiger partial charge in [0, 0.05) is 6.54 Å². The van der Waals surface area contributed by atoms with Gasteiger partial charge in [0.15, 0.2) is 0 Å². The van der Waals surface area contributed by atoms with Gasteiger partial charge in [-0.2, -0.15) is 0 Å². The Labute approximate surface area is 124 Å². The number of rotatable bonds is 7. The lowest BCUT2D eigenvalue weighted by Crippen LogP contribution is -2.51. The van der Waals surface area contributed by atoms with Gasteiger partial charge in [-0.1, -0.05) is 44.5 Å². The minimum Gasteiger partial charge on any atom is -0.392 e. The number of carbonyl (C=O) groups is 2. The molecule has 0 saturated heterocycles. The van der Waals surface area contributed by atoms with Crippen molar-refractivity contribution in [3.8, 4) is 0 Å². The molecule has 1 rings (SSSR count). The zero-order valence-corrected chi connectivity index (χ0v) is 12.4. The normalized spacial score (nSPS) is 13.3. The number of amides is 3. The standard InChI is InChI=1S/C15H23N3O3/c1-3-10(2)13(18-15(16)21)14(20)17-8-11-5-4-6-12(7-11)9-19/h4-7,10,13,19H,3,8-9H2,1-2H3,(H,17,20)(H3,16,18,21). The van der Waals surface area contributed by atoms with E-state index in [1.807, 2.05) is 38.1 Å². The number of nitrogens with two attached hydrogens (primary N) is 1. The Kier molecular flexibility index (Phi) is 6.68. The largest absolute Gasteiger partial charge is 0.392 e. The highest BCUT2D eigenvalue weighted by molar-refractivity contribution is 5.86. The minimum absolute atomic E-state index is 0.0127. The second-order valence-corrected chi connectivity index (χ2v) is 5.07. The van der Waals surface area contributed by atoms with Gasteiger partial charge < -0.3 is 21.5 Å². The minimum atomic E-state index is -0.710. The summed E-state index contributed by atoms with van der Waals surface area (Å²) in [5.74, 6) is -0.279. The molecule has 2 atom stereocenters. The molecule has 21 heavy (non-hydrogen) atoms. The van der Waals surface area contributed by atoms with Gasteiger partial charge in [-0.3, -0.25) is 4.79 Å². The van der Waals surface area contributed by atoms with Crippen LogP contribution in [-0.4, -0.2) is 23.1 Å². The number of hydrogen-bond acceptors (Lipinski definition) is 3. The van der Waals surface area contributed by atoms with Crippen molar-refractivity contribution in [3.05, 3.63) is 35.4 Å². The summed E-state index contributed by atoms with van der Waals surface area (Å²) in [4.78, 5) is 23.2. The van der Waals surface area contributed by atoms with E-state index >= 15 is 0 Å². The third-order valence-corrected chi connectivity index (χ3v) is 3.43. The fourth-order valence-corrected chi connectivity index (χ4v) is 1.99. The van der Waals surface area contributed by atoms with Crippen LogP contribution in [0.1, 0.15) is 31.4 Å². The molecule has 6 heteroatoms. The number of nitrogens with one attached hydrogen (secondary N) is 2. The van der Waals surface area contributed by atoms with Crippen LogP contribution in [0.15, 0.2) is 24.3 Å². The molecule has 1 aromatic carbocycles. The zero-order valence-electron chi connectivity index (χ0n) is 12.4. The smallest absolute Gasteiger partial charge is 0.312 e. The maximum absolute atomic E-state index is 12.2. The van der Waals surface area contributed by atoms with E-state index in [9.17, 15) is 9.59 Å². The second-order valence-electron chi connectivity index (χ2n) is 5.07. The van der Waals surface area contributed by atoms with E-state index in [4.69, 9.17) is 10.8 Å². The summed E-state index contributed by atoms with van der Waals surface area (Å²) in [5, 5.41) is 14.3. The highest BCUT2D eigenvalue weighted by Crippen LogP contribution is 2.09. The topological polar surface area (TPSA) is 104 Å². The van der Waals surface area contributed by atoms with Crippen LogP contribution in [0.5, 0.6) is 0 Å². The van der Waals surface area contributed by atoms with Crippen LogP contribution in [0.25, 0.3) is 0 Å². The van der Waals surface area contributed by atoms with E-state index in [0.29, 0.717) is 6.54 Å². The van der Waals surface area contributed by atoms with Gasteiger partial charge in [0.1, 0.15) is 6.04 Å². The van der Waals surface area contributed by atoms with Crippen LogP contribution >= 0.6 is 0 Å². The summed E-state index contributed by atoms with van der Waals surface area (Å²) in [5.41, 5.74) is 6.78. The van der Waals surface area contributed by atoms with Crippen molar-refractivity contribution in [3.63, 3.8) is 0 Å². The number of aliphatic hydroxyl groups excluding tert-OH is 1. The summed E-state index contributed by atoms with van der Waals surface area (Å²) in [6.07, 6.45) is 0.748. The highest BCUT2D eigenvalue weighted by atomic mass is 16.3. The van der Waals surface area contributed by atoms with Crippen molar-refractivity contribution in [2.45, 2.75) is 39.5 Å². The molecule has 6 nitrogen and oxygen atoms in total. The van der Waals surface area contributed by atoms with Gasteiger partial charge in [-0.05, 0) is 17.0 Å². The SMILES string of the molecule is CCC(C)C(NC(N)=O)C(=O)NCc1cccc(CO)c1. The first-order chi connectivity index (χ1) is 9.97. The third-order valence-electron chi connectivity index (χ3n) is 3.43. The lowest BCUT2D eigenvalue weighted by Gasteiger charge is -2.22. The van der Waals surface area contributed by atoms with E-state index in [-0.39, 0.29) is 18.4 Å². The Bertz CT molecular complexity index is 491. The molecular formula is C15H23N3O3. The molecule has 2 unspecified atom stereocenters. The molecule has 0 aromatic heterocycles. The molecule has 0 saturated carbocycles. The van der Waals surface area contributed by atoms with Gasteiger partial charge in [-0.15, -0.1) is 0 Å². The molecular weight excluding hydrogens is 270 g/mol. The summed E-state index contributed by atoms with van der Waals surface area (Å²) >= 11 is 0. The van der Waals surface area contributed by atoms with Gasteiger partial charge in [0.05, 0.1) is 6.61 Å². The van der Waals surface area contributed by atoms with E-state index in [0.717, 1.165) is 17.5 Å². The van der Waals surface area contributed by atoms with Gasteiger partial charge in [0.25, 0.3) is 0 Å². The molecule has 0 radical (unpaired) electrons. The number of aliphatic hydroxyl groups is 1. The number of primary amides is 1. The number of hydrogen-bond donors (Lipinski definition) is 4. The highest BCUT2D eigenvalue weighted by Gasteiger charge is 2.24. The quantitative estimate of drug-likeness (QED) is 0.599. The van der Waals surface area contributed by atoms with Gasteiger partial charge >= 0.3 is 6.03 Å². The molecule has 0 bridgehead atoms. The molecule has 0 aliphatic heterocycles. The van der Waals surface area contributed by atoms with Crippen molar-refractivity contribution < 1.29 is 14.7 Å². The van der Waals surface area contributed by atoms with Crippen LogP contribution in [0.2, 0.25) is 0 Å². The second kappa shape index (κ2) is 8.26. The van der Waals surface area contributed by atoms with Crippen molar-refractivity contribution >= 4 is 11.9 Å². The van der Waals surface area contributed by atoms with E-state index in [1.54, 1.807) is 0 Å². The maximum atomic E-state index is 12.2. The number of urea groups is 1. The van der Waals surface area contributed by atoms with Gasteiger partial charge in [0.2, 0.25) is 5.91 Å². The Morgan fingerprint density at radius 1 is 1.33 bits per heavy atom. The Balaban J connectivity index is 2.66. The molecule has 0 spiro atoms. The predicted octanol–water partition coefficient (Wildman–Crippen LogP) is 0.878. The lowest BCUT2D eigenvalue weighted by atomic mass is 9.98. The first-order valence-corrected chi connectivity index (χ1v) is 7.00. The van der Waals surface area contributed by atoms with Crippen LogP contribution in [-0.2, 0) is 17.9 Å². The van der Waals surface area contributed by atoms with E-state index < -0.39 is 12.1 Å². The molecule has 3 amide bonds. The van der Waals surface area contributed by atoms with Gasteiger partial charge in [-0.25, -0.2) is 4.79 Å². The number of benzene rings is 1. The van der Waals surface area contributed by atoms with E-state index in [2.05, 4.69) is 10.6 Å². The summed E-state index contributed by atoms with van der Waals surface area (Å²) in [6.45, 7) is 4.12. The summed E-state index contributed by atoms with van der Waals surface area (Å²) in [6, 6.07) is 5.95. The Morgan fingerprint density at radius 2 is 2.00 bits per heavy atom. The lowest BCUT2D eigenvalue weighted by molar-refractivity contribution is -0.124. The van der Waals surface area contributed by atoms with Crippen LogP contribution in [0, 0.1) is 5.92 Å². The predicted molar refractivity (Wildman–Crippen MR) is 80.2 cm³/mol. The molecule has 0 aliphatic carbocycles. The first kappa shape index (κ1) is 17.0. The molecule has 0 heterocycles. The third kappa shape index (κ3) is 5.43. The Morgan fingerprint density at radius 3 is 2.57 bits per heavy atom. The number of carbonyl (C=O) groups excluding carboxylic acids is 2.